The first-order chi connectivity index (χ1) is 13.2. The van der Waals surface area contributed by atoms with Gasteiger partial charge in [-0.1, -0.05) is 18.2 Å². The van der Waals surface area contributed by atoms with E-state index in [1.54, 1.807) is 30.6 Å². The van der Waals surface area contributed by atoms with Crippen LogP contribution in [0, 0.1) is 0 Å². The first kappa shape index (κ1) is 18.6. The van der Waals surface area contributed by atoms with Gasteiger partial charge in [0.2, 0.25) is 5.95 Å². The number of carbonyl (C=O) groups is 2. The highest BCUT2D eigenvalue weighted by Crippen LogP contribution is 2.15. The Morgan fingerprint density at radius 3 is 2.33 bits per heavy atom. The SMILES string of the molecule is O=C(NCCNC(=O)c1ccccc1)NC1CCN(c2ncccn2)CC1. The van der Waals surface area contributed by atoms with Crippen molar-refractivity contribution in [3.05, 3.63) is 54.4 Å². The number of amides is 3. The molecule has 27 heavy (non-hydrogen) atoms. The summed E-state index contributed by atoms with van der Waals surface area (Å²) in [4.78, 5) is 34.5. The lowest BCUT2D eigenvalue weighted by Gasteiger charge is -2.32. The molecule has 3 rings (SSSR count). The fourth-order valence-electron chi connectivity index (χ4n) is 2.96. The summed E-state index contributed by atoms with van der Waals surface area (Å²) in [5.74, 6) is 0.586. The van der Waals surface area contributed by atoms with Crippen molar-refractivity contribution >= 4 is 17.9 Å². The van der Waals surface area contributed by atoms with Crippen LogP contribution in [0.1, 0.15) is 23.2 Å². The number of hydrogen-bond donors (Lipinski definition) is 3. The zero-order valence-electron chi connectivity index (χ0n) is 15.1. The molecule has 2 heterocycles. The van der Waals surface area contributed by atoms with Crippen molar-refractivity contribution in [1.82, 2.24) is 25.9 Å². The summed E-state index contributed by atoms with van der Waals surface area (Å²) < 4.78 is 0. The minimum atomic E-state index is -0.210. The van der Waals surface area contributed by atoms with Gasteiger partial charge in [0, 0.05) is 50.2 Å². The highest BCUT2D eigenvalue weighted by atomic mass is 16.2. The van der Waals surface area contributed by atoms with E-state index in [0.29, 0.717) is 18.7 Å². The Bertz CT molecular complexity index is 732. The van der Waals surface area contributed by atoms with E-state index in [4.69, 9.17) is 0 Å². The summed E-state index contributed by atoms with van der Waals surface area (Å²) in [6, 6.07) is 10.7. The molecule has 2 aromatic rings. The second kappa shape index (κ2) is 9.51. The van der Waals surface area contributed by atoms with E-state index in [0.717, 1.165) is 31.9 Å². The van der Waals surface area contributed by atoms with Gasteiger partial charge in [0.25, 0.3) is 5.91 Å². The van der Waals surface area contributed by atoms with Crippen LogP contribution in [-0.4, -0.2) is 54.1 Å². The monoisotopic (exact) mass is 368 g/mol. The van der Waals surface area contributed by atoms with Crippen molar-refractivity contribution < 1.29 is 9.59 Å². The first-order valence-corrected chi connectivity index (χ1v) is 9.12. The zero-order valence-corrected chi connectivity index (χ0v) is 15.1. The molecule has 0 atom stereocenters. The number of nitrogens with one attached hydrogen (secondary N) is 3. The highest BCUT2D eigenvalue weighted by molar-refractivity contribution is 5.94. The molecule has 8 nitrogen and oxygen atoms in total. The van der Waals surface area contributed by atoms with Gasteiger partial charge in [0.05, 0.1) is 0 Å². The smallest absolute Gasteiger partial charge is 0.315 e. The Morgan fingerprint density at radius 1 is 0.963 bits per heavy atom. The fraction of sp³-hybridized carbons (Fsp3) is 0.368. The number of nitrogens with zero attached hydrogens (tertiary/aromatic N) is 3. The molecule has 1 fully saturated rings. The van der Waals surface area contributed by atoms with E-state index < -0.39 is 0 Å². The molecule has 3 N–H and O–H groups in total. The molecule has 142 valence electrons. The molecule has 0 spiro atoms. The van der Waals surface area contributed by atoms with Crippen LogP contribution in [0.4, 0.5) is 10.7 Å². The van der Waals surface area contributed by atoms with Gasteiger partial charge in [0.1, 0.15) is 0 Å². The maximum absolute atomic E-state index is 12.0. The molecule has 1 aliphatic rings. The molecule has 0 saturated carbocycles. The van der Waals surface area contributed by atoms with Crippen LogP contribution in [-0.2, 0) is 0 Å². The van der Waals surface area contributed by atoms with Gasteiger partial charge in [-0.05, 0) is 31.0 Å². The first-order valence-electron chi connectivity index (χ1n) is 9.12. The quantitative estimate of drug-likeness (QED) is 0.665. The van der Waals surface area contributed by atoms with Crippen molar-refractivity contribution in [1.29, 1.82) is 0 Å². The van der Waals surface area contributed by atoms with E-state index in [9.17, 15) is 9.59 Å². The number of carbonyl (C=O) groups excluding carboxylic acids is 2. The average molecular weight is 368 g/mol. The second-order valence-electron chi connectivity index (χ2n) is 6.33. The summed E-state index contributed by atoms with van der Waals surface area (Å²) in [6.45, 7) is 2.37. The molecular formula is C19H24N6O2. The van der Waals surface area contributed by atoms with Gasteiger partial charge < -0.3 is 20.9 Å². The lowest BCUT2D eigenvalue weighted by Crippen LogP contribution is -2.49. The predicted octanol–water partition coefficient (Wildman–Crippen LogP) is 1.17. The van der Waals surface area contributed by atoms with Crippen molar-refractivity contribution in [2.45, 2.75) is 18.9 Å². The second-order valence-corrected chi connectivity index (χ2v) is 6.33. The molecule has 0 aliphatic carbocycles. The van der Waals surface area contributed by atoms with Crippen LogP contribution in [0.5, 0.6) is 0 Å². The van der Waals surface area contributed by atoms with Gasteiger partial charge >= 0.3 is 6.03 Å². The maximum atomic E-state index is 12.0. The molecule has 0 bridgehead atoms. The number of anilines is 1. The van der Waals surface area contributed by atoms with Crippen LogP contribution in [0.15, 0.2) is 48.8 Å². The molecule has 0 radical (unpaired) electrons. The van der Waals surface area contributed by atoms with E-state index in [1.165, 1.54) is 0 Å². The van der Waals surface area contributed by atoms with Crippen molar-refractivity contribution in [2.75, 3.05) is 31.1 Å². The molecule has 1 aromatic carbocycles. The summed E-state index contributed by atoms with van der Waals surface area (Å²) in [5, 5.41) is 8.54. The Kier molecular flexibility index (Phi) is 6.56. The van der Waals surface area contributed by atoms with Gasteiger partial charge in [-0.2, -0.15) is 0 Å². The molecule has 0 unspecified atom stereocenters. The number of hydrogen-bond acceptors (Lipinski definition) is 5. The normalized spacial score (nSPS) is 14.4. The van der Waals surface area contributed by atoms with E-state index in [2.05, 4.69) is 30.8 Å². The summed E-state index contributed by atoms with van der Waals surface area (Å²) in [6.07, 6.45) is 5.15. The van der Waals surface area contributed by atoms with Crippen LogP contribution in [0.3, 0.4) is 0 Å². The van der Waals surface area contributed by atoms with E-state index in [1.807, 2.05) is 18.2 Å². The molecule has 8 heteroatoms. The molecule has 1 saturated heterocycles. The molecule has 1 aliphatic heterocycles. The number of urea groups is 1. The van der Waals surface area contributed by atoms with Gasteiger partial charge in [-0.25, -0.2) is 14.8 Å². The molecule has 1 aromatic heterocycles. The number of benzene rings is 1. The summed E-state index contributed by atoms with van der Waals surface area (Å²) >= 11 is 0. The van der Waals surface area contributed by atoms with Crippen molar-refractivity contribution in [3.63, 3.8) is 0 Å². The number of aromatic nitrogens is 2. The third-order valence-electron chi connectivity index (χ3n) is 4.40. The third-order valence-corrected chi connectivity index (χ3v) is 4.40. The number of rotatable bonds is 6. The van der Waals surface area contributed by atoms with Crippen molar-refractivity contribution in [3.8, 4) is 0 Å². The molecule has 3 amide bonds. The fourth-order valence-corrected chi connectivity index (χ4v) is 2.96. The standard InChI is InChI=1S/C19H24N6O2/c26-17(15-5-2-1-3-6-15)20-11-12-23-19(27)24-16-7-13-25(14-8-16)18-21-9-4-10-22-18/h1-6,9-10,16H,7-8,11-14H2,(H,20,26)(H2,23,24,27). The van der Waals surface area contributed by atoms with Crippen LogP contribution < -0.4 is 20.9 Å². The average Bonchev–Trinajstić information content (AvgIpc) is 2.73. The van der Waals surface area contributed by atoms with Gasteiger partial charge in [0.15, 0.2) is 0 Å². The molecular weight excluding hydrogens is 344 g/mol. The Morgan fingerprint density at radius 2 is 1.63 bits per heavy atom. The third kappa shape index (κ3) is 5.67. The Balaban J connectivity index is 1.30. The van der Waals surface area contributed by atoms with Crippen LogP contribution in [0.2, 0.25) is 0 Å². The Hall–Kier alpha value is -3.16. The topological polar surface area (TPSA) is 99.2 Å². The summed E-state index contributed by atoms with van der Waals surface area (Å²) in [7, 11) is 0. The number of piperidine rings is 1. The van der Waals surface area contributed by atoms with E-state index >= 15 is 0 Å². The highest BCUT2D eigenvalue weighted by Gasteiger charge is 2.21. The zero-order chi connectivity index (χ0) is 18.9. The van der Waals surface area contributed by atoms with Crippen LogP contribution >= 0.6 is 0 Å². The van der Waals surface area contributed by atoms with Gasteiger partial charge in [-0.3, -0.25) is 4.79 Å². The minimum absolute atomic E-state index is 0.129. The van der Waals surface area contributed by atoms with Gasteiger partial charge in [-0.15, -0.1) is 0 Å². The largest absolute Gasteiger partial charge is 0.350 e. The Labute approximate surface area is 158 Å². The van der Waals surface area contributed by atoms with Crippen LogP contribution in [0.25, 0.3) is 0 Å². The minimum Gasteiger partial charge on any atom is -0.350 e. The van der Waals surface area contributed by atoms with Crippen molar-refractivity contribution in [2.24, 2.45) is 0 Å². The van der Waals surface area contributed by atoms with E-state index in [-0.39, 0.29) is 18.0 Å². The lowest BCUT2D eigenvalue weighted by molar-refractivity contribution is 0.0954. The lowest BCUT2D eigenvalue weighted by atomic mass is 10.1. The predicted molar refractivity (Wildman–Crippen MR) is 103 cm³/mol. The maximum Gasteiger partial charge on any atom is 0.315 e. The summed E-state index contributed by atoms with van der Waals surface area (Å²) in [5.41, 5.74) is 0.608.